The molecule has 1 saturated heterocycles. The first kappa shape index (κ1) is 16.0. The first-order chi connectivity index (χ1) is 8.97. The zero-order chi connectivity index (χ0) is 14.6. The van der Waals surface area contributed by atoms with Crippen molar-refractivity contribution in [3.63, 3.8) is 0 Å². The van der Waals surface area contributed by atoms with Crippen LogP contribution in [-0.4, -0.2) is 48.1 Å². The summed E-state index contributed by atoms with van der Waals surface area (Å²) in [6, 6.07) is -0.477. The maximum atomic E-state index is 12.8. The van der Waals surface area contributed by atoms with Crippen LogP contribution in [0.5, 0.6) is 0 Å². The van der Waals surface area contributed by atoms with E-state index in [0.717, 1.165) is 0 Å². The maximum absolute atomic E-state index is 12.8. The summed E-state index contributed by atoms with van der Waals surface area (Å²) < 4.78 is 5.14. The fourth-order valence-corrected chi connectivity index (χ4v) is 2.83. The van der Waals surface area contributed by atoms with E-state index in [9.17, 15) is 9.59 Å². The molecule has 2 unspecified atom stereocenters. The number of carbonyl (C=O) groups excluding carboxylic acids is 2. The normalized spacial score (nSPS) is 24.3. The molecule has 1 aliphatic heterocycles. The van der Waals surface area contributed by atoms with Gasteiger partial charge in [-0.05, 0) is 26.2 Å². The number of rotatable bonds is 6. The van der Waals surface area contributed by atoms with Gasteiger partial charge in [-0.25, -0.2) is 0 Å². The predicted octanol–water partition coefficient (Wildman–Crippen LogP) is 1.32. The second-order valence-corrected chi connectivity index (χ2v) is 5.22. The number of nitrogens with zero attached hydrogens (tertiary/aromatic N) is 1. The van der Waals surface area contributed by atoms with Gasteiger partial charge in [0.2, 0.25) is 11.8 Å². The third-order valence-corrected chi connectivity index (χ3v) is 4.12. The lowest BCUT2D eigenvalue weighted by Gasteiger charge is -2.47. The van der Waals surface area contributed by atoms with Crippen LogP contribution in [-0.2, 0) is 14.3 Å². The molecule has 5 heteroatoms. The van der Waals surface area contributed by atoms with Crippen molar-refractivity contribution < 1.29 is 14.3 Å². The molecule has 19 heavy (non-hydrogen) atoms. The molecule has 1 rings (SSSR count). The zero-order valence-electron chi connectivity index (χ0n) is 12.7. The molecule has 0 aromatic heterocycles. The molecule has 2 atom stereocenters. The summed E-state index contributed by atoms with van der Waals surface area (Å²) in [6.07, 6.45) is 1.84. The fraction of sp³-hybridized carbons (Fsp3) is 0.857. The lowest BCUT2D eigenvalue weighted by atomic mass is 9.86. The highest BCUT2D eigenvalue weighted by Crippen LogP contribution is 2.27. The van der Waals surface area contributed by atoms with Crippen molar-refractivity contribution in [1.82, 2.24) is 10.2 Å². The minimum Gasteiger partial charge on any atom is -0.383 e. The van der Waals surface area contributed by atoms with Crippen LogP contribution in [0.25, 0.3) is 0 Å². The summed E-state index contributed by atoms with van der Waals surface area (Å²) >= 11 is 0. The average Bonchev–Trinajstić information content (AvgIpc) is 2.40. The van der Waals surface area contributed by atoms with E-state index >= 15 is 0 Å². The minimum absolute atomic E-state index is 0.0218. The molecule has 0 aromatic carbocycles. The van der Waals surface area contributed by atoms with Gasteiger partial charge in [-0.3, -0.25) is 9.59 Å². The van der Waals surface area contributed by atoms with Crippen LogP contribution in [0.1, 0.15) is 47.0 Å². The van der Waals surface area contributed by atoms with Crippen LogP contribution in [0.2, 0.25) is 0 Å². The topological polar surface area (TPSA) is 58.6 Å². The quantitative estimate of drug-likeness (QED) is 0.792. The predicted molar refractivity (Wildman–Crippen MR) is 73.7 cm³/mol. The average molecular weight is 270 g/mol. The van der Waals surface area contributed by atoms with Gasteiger partial charge in [0.25, 0.3) is 0 Å². The van der Waals surface area contributed by atoms with Crippen LogP contribution < -0.4 is 5.32 Å². The molecule has 0 saturated carbocycles. The molecule has 1 heterocycles. The van der Waals surface area contributed by atoms with E-state index < -0.39 is 5.54 Å². The molecule has 0 bridgehead atoms. The molecule has 0 aromatic rings. The molecule has 0 radical (unpaired) electrons. The van der Waals surface area contributed by atoms with Crippen molar-refractivity contribution in [3.05, 3.63) is 0 Å². The van der Waals surface area contributed by atoms with Crippen molar-refractivity contribution in [3.8, 4) is 0 Å². The Kier molecular flexibility index (Phi) is 5.35. The van der Waals surface area contributed by atoms with Crippen molar-refractivity contribution in [2.24, 2.45) is 0 Å². The van der Waals surface area contributed by atoms with E-state index in [1.807, 2.05) is 27.7 Å². The Labute approximate surface area is 115 Å². The van der Waals surface area contributed by atoms with Gasteiger partial charge in [0, 0.05) is 7.11 Å². The fourth-order valence-electron chi connectivity index (χ4n) is 2.83. The van der Waals surface area contributed by atoms with Gasteiger partial charge in [-0.15, -0.1) is 0 Å². The Morgan fingerprint density at radius 1 is 1.32 bits per heavy atom. The van der Waals surface area contributed by atoms with Gasteiger partial charge < -0.3 is 15.0 Å². The maximum Gasteiger partial charge on any atom is 0.249 e. The second kappa shape index (κ2) is 6.37. The summed E-state index contributed by atoms with van der Waals surface area (Å²) in [5.74, 6) is -0.0257. The lowest BCUT2D eigenvalue weighted by Crippen LogP contribution is -2.71. The van der Waals surface area contributed by atoms with Crippen LogP contribution in [0, 0.1) is 0 Å². The highest BCUT2D eigenvalue weighted by atomic mass is 16.5. The zero-order valence-corrected chi connectivity index (χ0v) is 12.7. The van der Waals surface area contributed by atoms with Crippen LogP contribution >= 0.6 is 0 Å². The summed E-state index contributed by atoms with van der Waals surface area (Å²) in [4.78, 5) is 26.8. The standard InChI is InChI=1S/C14H26N2O3/c1-6-11-12(17)15-14(7-2,8-3)13(18)16(11)10(4)9-19-5/h10-11H,6-9H2,1-5H3,(H,15,17). The Hall–Kier alpha value is -1.10. The molecule has 0 aliphatic carbocycles. The Morgan fingerprint density at radius 3 is 2.32 bits per heavy atom. The van der Waals surface area contributed by atoms with E-state index in [2.05, 4.69) is 5.32 Å². The number of ether oxygens (including phenoxy) is 1. The molecule has 2 amide bonds. The van der Waals surface area contributed by atoms with Crippen molar-refractivity contribution in [2.75, 3.05) is 13.7 Å². The van der Waals surface area contributed by atoms with Gasteiger partial charge >= 0.3 is 0 Å². The molecule has 110 valence electrons. The number of carbonyl (C=O) groups is 2. The largest absolute Gasteiger partial charge is 0.383 e. The molecule has 1 N–H and O–H groups in total. The van der Waals surface area contributed by atoms with E-state index in [1.54, 1.807) is 12.0 Å². The summed E-state index contributed by atoms with van der Waals surface area (Å²) in [5, 5.41) is 2.94. The smallest absolute Gasteiger partial charge is 0.249 e. The molecule has 0 spiro atoms. The van der Waals surface area contributed by atoms with Crippen molar-refractivity contribution in [1.29, 1.82) is 0 Å². The molecule has 1 aliphatic rings. The number of hydrogen-bond acceptors (Lipinski definition) is 3. The van der Waals surface area contributed by atoms with Gasteiger partial charge in [-0.2, -0.15) is 0 Å². The first-order valence-corrected chi connectivity index (χ1v) is 7.11. The van der Waals surface area contributed by atoms with E-state index in [0.29, 0.717) is 25.9 Å². The van der Waals surface area contributed by atoms with Crippen LogP contribution in [0.15, 0.2) is 0 Å². The summed E-state index contributed by atoms with van der Waals surface area (Å²) in [5.41, 5.74) is -0.745. The highest BCUT2D eigenvalue weighted by molar-refractivity contribution is 6.00. The highest BCUT2D eigenvalue weighted by Gasteiger charge is 2.49. The first-order valence-electron chi connectivity index (χ1n) is 7.11. The third-order valence-electron chi connectivity index (χ3n) is 4.12. The summed E-state index contributed by atoms with van der Waals surface area (Å²) in [6.45, 7) is 8.17. The van der Waals surface area contributed by atoms with Gasteiger partial charge in [0.05, 0.1) is 12.6 Å². The number of piperazine rings is 1. The monoisotopic (exact) mass is 270 g/mol. The molecular formula is C14H26N2O3. The second-order valence-electron chi connectivity index (χ2n) is 5.22. The van der Waals surface area contributed by atoms with Gasteiger partial charge in [-0.1, -0.05) is 20.8 Å². The van der Waals surface area contributed by atoms with E-state index in [1.165, 1.54) is 0 Å². The lowest BCUT2D eigenvalue weighted by molar-refractivity contribution is -0.159. The number of nitrogens with one attached hydrogen (secondary N) is 1. The molecule has 5 nitrogen and oxygen atoms in total. The summed E-state index contributed by atoms with van der Waals surface area (Å²) in [7, 11) is 1.61. The molecular weight excluding hydrogens is 244 g/mol. The molecule has 1 fully saturated rings. The Morgan fingerprint density at radius 2 is 1.89 bits per heavy atom. The van der Waals surface area contributed by atoms with E-state index in [-0.39, 0.29) is 23.9 Å². The SMILES string of the molecule is CCC1C(=O)NC(CC)(CC)C(=O)N1C(C)COC. The van der Waals surface area contributed by atoms with Crippen molar-refractivity contribution >= 4 is 11.8 Å². The van der Waals surface area contributed by atoms with Crippen LogP contribution in [0.4, 0.5) is 0 Å². The van der Waals surface area contributed by atoms with Crippen molar-refractivity contribution in [2.45, 2.75) is 64.6 Å². The van der Waals surface area contributed by atoms with Crippen LogP contribution in [0.3, 0.4) is 0 Å². The minimum atomic E-state index is -0.745. The number of hydrogen-bond donors (Lipinski definition) is 1. The van der Waals surface area contributed by atoms with Gasteiger partial charge in [0.1, 0.15) is 11.6 Å². The Balaban J connectivity index is 3.12. The van der Waals surface area contributed by atoms with Gasteiger partial charge in [0.15, 0.2) is 0 Å². The number of amides is 2. The Bertz CT molecular complexity index is 340. The third kappa shape index (κ3) is 2.76. The van der Waals surface area contributed by atoms with E-state index in [4.69, 9.17) is 4.74 Å². The number of methoxy groups -OCH3 is 1.